The van der Waals surface area contributed by atoms with Gasteiger partial charge in [0.05, 0.1) is 28.0 Å². The average molecular weight is 664 g/mol. The summed E-state index contributed by atoms with van der Waals surface area (Å²) in [6.07, 6.45) is 1.01. The number of halogens is 3. The molecule has 0 aliphatic carbocycles. The van der Waals surface area contributed by atoms with E-state index in [9.17, 15) is 9.59 Å². The average Bonchev–Trinajstić information content (AvgIpc) is 2.81. The molecule has 0 saturated heterocycles. The van der Waals surface area contributed by atoms with Gasteiger partial charge in [-0.2, -0.15) is 5.10 Å². The fourth-order valence-corrected chi connectivity index (χ4v) is 4.43. The Morgan fingerprint density at radius 1 is 1.03 bits per heavy atom. The highest BCUT2D eigenvalue weighted by atomic mass is 127. The second-order valence-corrected chi connectivity index (χ2v) is 11.0. The van der Waals surface area contributed by atoms with Crippen LogP contribution in [-0.4, -0.2) is 43.4 Å². The van der Waals surface area contributed by atoms with E-state index < -0.39 is 24.0 Å². The van der Waals surface area contributed by atoms with Crippen LogP contribution in [0.15, 0.2) is 35.4 Å². The summed E-state index contributed by atoms with van der Waals surface area (Å²) in [5.41, 5.74) is 3.23. The Kier molecular flexibility index (Phi) is 12.3. The number of carbonyl (C=O) groups excluding carboxylic acids is 2. The zero-order valence-corrected chi connectivity index (χ0v) is 25.3. The van der Waals surface area contributed by atoms with Crippen molar-refractivity contribution in [3.8, 4) is 17.2 Å². The molecule has 0 aromatic heterocycles. The number of carbonyl (C=O) groups is 2. The number of hydrogen-bond acceptors (Lipinski definition) is 6. The SMILES string of the molecule is COc1cc(/C=N\NC(=O)[C@@H](CC(C)C)NC(=O)[C@@H](C)Oc2ccc(Cl)cc2Cl)cc(I)c1OC(C)C. The summed E-state index contributed by atoms with van der Waals surface area (Å²) in [6.45, 7) is 9.36. The number of methoxy groups -OCH3 is 1. The van der Waals surface area contributed by atoms with Gasteiger partial charge in [0.15, 0.2) is 17.6 Å². The molecule has 0 spiro atoms. The quantitative estimate of drug-likeness (QED) is 0.169. The van der Waals surface area contributed by atoms with Gasteiger partial charge in [-0.25, -0.2) is 5.43 Å². The second kappa shape index (κ2) is 14.6. The molecule has 11 heteroatoms. The van der Waals surface area contributed by atoms with Crippen molar-refractivity contribution in [2.45, 2.75) is 59.3 Å². The molecule has 202 valence electrons. The number of amides is 2. The van der Waals surface area contributed by atoms with Crippen molar-refractivity contribution in [1.29, 1.82) is 0 Å². The molecule has 0 radical (unpaired) electrons. The monoisotopic (exact) mass is 663 g/mol. The molecule has 8 nitrogen and oxygen atoms in total. The molecule has 0 heterocycles. The number of nitrogens with zero attached hydrogens (tertiary/aromatic N) is 1. The third-order valence-electron chi connectivity index (χ3n) is 4.90. The van der Waals surface area contributed by atoms with Crippen molar-refractivity contribution in [3.63, 3.8) is 0 Å². The molecule has 0 unspecified atom stereocenters. The standard InChI is InChI=1S/C26H32Cl2IN3O5/c1-14(2)9-21(31-25(33)16(5)37-22-8-7-18(27)12-19(22)28)26(34)32-30-13-17-10-20(29)24(36-15(3)4)23(11-17)35-6/h7-8,10-16,21H,9H2,1-6H3,(H,31,33)(H,32,34)/b30-13-/t16-,21-/m1/s1. The molecule has 2 aromatic carbocycles. The summed E-state index contributed by atoms with van der Waals surface area (Å²) >= 11 is 14.2. The van der Waals surface area contributed by atoms with Gasteiger partial charge in [-0.15, -0.1) is 0 Å². The Labute approximate surface area is 241 Å². The first-order chi connectivity index (χ1) is 17.4. The number of hydrazone groups is 1. The highest BCUT2D eigenvalue weighted by Gasteiger charge is 2.25. The lowest BCUT2D eigenvalue weighted by molar-refractivity contribution is -0.132. The minimum absolute atomic E-state index is 0.00869. The molecule has 0 aliphatic heterocycles. The van der Waals surface area contributed by atoms with Gasteiger partial charge in [-0.3, -0.25) is 9.59 Å². The largest absolute Gasteiger partial charge is 0.493 e. The molecule has 2 N–H and O–H groups in total. The smallest absolute Gasteiger partial charge is 0.262 e. The summed E-state index contributed by atoms with van der Waals surface area (Å²) in [5.74, 6) is 0.759. The van der Waals surface area contributed by atoms with Gasteiger partial charge >= 0.3 is 0 Å². The Balaban J connectivity index is 2.07. The van der Waals surface area contributed by atoms with Gasteiger partial charge in [0.1, 0.15) is 11.8 Å². The molecule has 0 bridgehead atoms. The van der Waals surface area contributed by atoms with E-state index in [0.717, 1.165) is 3.57 Å². The second-order valence-electron chi connectivity index (χ2n) is 8.96. The maximum atomic E-state index is 12.9. The van der Waals surface area contributed by atoms with Crippen LogP contribution in [0.2, 0.25) is 10.0 Å². The summed E-state index contributed by atoms with van der Waals surface area (Å²) in [6, 6.07) is 7.54. The summed E-state index contributed by atoms with van der Waals surface area (Å²) in [4.78, 5) is 25.7. The van der Waals surface area contributed by atoms with Crippen molar-refractivity contribution in [3.05, 3.63) is 49.5 Å². The topological polar surface area (TPSA) is 98.2 Å². The number of benzene rings is 2. The first kappa shape index (κ1) is 31.0. The Hall–Kier alpha value is -2.24. The lowest BCUT2D eigenvalue weighted by atomic mass is 10.0. The first-order valence-corrected chi connectivity index (χ1v) is 13.5. The van der Waals surface area contributed by atoms with Crippen LogP contribution >= 0.6 is 45.8 Å². The number of ether oxygens (including phenoxy) is 3. The zero-order chi connectivity index (χ0) is 27.7. The van der Waals surface area contributed by atoms with Crippen LogP contribution in [0.4, 0.5) is 0 Å². The molecular formula is C26H32Cl2IN3O5. The van der Waals surface area contributed by atoms with Crippen molar-refractivity contribution >= 4 is 63.8 Å². The molecule has 0 saturated carbocycles. The van der Waals surface area contributed by atoms with E-state index in [2.05, 4.69) is 38.4 Å². The van der Waals surface area contributed by atoms with E-state index in [4.69, 9.17) is 37.4 Å². The van der Waals surface area contributed by atoms with Gasteiger partial charge in [0.2, 0.25) is 0 Å². The third kappa shape index (κ3) is 9.86. The number of rotatable bonds is 12. The fourth-order valence-electron chi connectivity index (χ4n) is 3.22. The molecule has 0 fully saturated rings. The minimum atomic E-state index is -0.897. The van der Waals surface area contributed by atoms with Crippen LogP contribution in [0.3, 0.4) is 0 Å². The lowest BCUT2D eigenvalue weighted by Gasteiger charge is -2.22. The molecule has 0 aliphatic rings. The maximum Gasteiger partial charge on any atom is 0.262 e. The summed E-state index contributed by atoms with van der Waals surface area (Å²) in [5, 5.41) is 7.56. The predicted molar refractivity (Wildman–Crippen MR) is 155 cm³/mol. The molecule has 37 heavy (non-hydrogen) atoms. The first-order valence-electron chi connectivity index (χ1n) is 11.7. The van der Waals surface area contributed by atoms with Crippen LogP contribution < -0.4 is 25.0 Å². The molecular weight excluding hydrogens is 632 g/mol. The van der Waals surface area contributed by atoms with Crippen molar-refractivity contribution in [1.82, 2.24) is 10.7 Å². The van der Waals surface area contributed by atoms with Gasteiger partial charge in [-0.05, 0) is 91.6 Å². The zero-order valence-electron chi connectivity index (χ0n) is 21.6. The molecule has 2 amide bonds. The van der Waals surface area contributed by atoms with Crippen molar-refractivity contribution < 1.29 is 23.8 Å². The van der Waals surface area contributed by atoms with E-state index >= 15 is 0 Å². The van der Waals surface area contributed by atoms with Crippen LogP contribution in [0.5, 0.6) is 17.2 Å². The Bertz CT molecular complexity index is 1130. The summed E-state index contributed by atoms with van der Waals surface area (Å²) < 4.78 is 17.8. The maximum absolute atomic E-state index is 12.9. The minimum Gasteiger partial charge on any atom is -0.493 e. The molecule has 2 aromatic rings. The number of nitrogens with one attached hydrogen (secondary N) is 2. The van der Waals surface area contributed by atoms with E-state index in [0.29, 0.717) is 34.3 Å². The highest BCUT2D eigenvalue weighted by Crippen LogP contribution is 2.34. The Morgan fingerprint density at radius 3 is 2.32 bits per heavy atom. The van der Waals surface area contributed by atoms with E-state index in [1.54, 1.807) is 32.2 Å². The lowest BCUT2D eigenvalue weighted by Crippen LogP contribution is -2.49. The van der Waals surface area contributed by atoms with Crippen molar-refractivity contribution in [2.75, 3.05) is 7.11 Å². The molecule has 2 atom stereocenters. The highest BCUT2D eigenvalue weighted by molar-refractivity contribution is 14.1. The van der Waals surface area contributed by atoms with Gasteiger partial charge in [-0.1, -0.05) is 37.0 Å². The number of hydrogen-bond donors (Lipinski definition) is 2. The van der Waals surface area contributed by atoms with Crippen molar-refractivity contribution in [2.24, 2.45) is 11.0 Å². The van der Waals surface area contributed by atoms with E-state index in [-0.39, 0.29) is 17.0 Å². The normalized spacial score (nSPS) is 12.9. The van der Waals surface area contributed by atoms with Gasteiger partial charge in [0.25, 0.3) is 11.8 Å². The van der Waals surface area contributed by atoms with Gasteiger partial charge in [0, 0.05) is 5.02 Å². The van der Waals surface area contributed by atoms with Crippen LogP contribution in [0.25, 0.3) is 0 Å². The van der Waals surface area contributed by atoms with Gasteiger partial charge < -0.3 is 19.5 Å². The predicted octanol–water partition coefficient (Wildman–Crippen LogP) is 5.84. The summed E-state index contributed by atoms with van der Waals surface area (Å²) in [7, 11) is 1.56. The third-order valence-corrected chi connectivity index (χ3v) is 6.23. The Morgan fingerprint density at radius 2 is 1.73 bits per heavy atom. The fraction of sp³-hybridized carbons (Fsp3) is 0.423. The van der Waals surface area contributed by atoms with E-state index in [1.165, 1.54) is 12.3 Å². The van der Waals surface area contributed by atoms with Crippen LogP contribution in [-0.2, 0) is 9.59 Å². The van der Waals surface area contributed by atoms with E-state index in [1.807, 2.05) is 33.8 Å². The van der Waals surface area contributed by atoms with Crippen LogP contribution in [0, 0.1) is 9.49 Å². The molecule has 2 rings (SSSR count). The van der Waals surface area contributed by atoms with Crippen LogP contribution in [0.1, 0.15) is 46.6 Å².